The fourth-order valence-electron chi connectivity index (χ4n) is 2.41. The number of nitrogens with zero attached hydrogens (tertiary/aromatic N) is 2. The van der Waals surface area contributed by atoms with E-state index < -0.39 is 23.2 Å². The van der Waals surface area contributed by atoms with Crippen LogP contribution in [0, 0.1) is 5.41 Å². The molecule has 1 unspecified atom stereocenters. The average molecular weight is 302 g/mol. The number of carbonyl (C=O) groups is 1. The van der Waals surface area contributed by atoms with Gasteiger partial charge in [0.15, 0.2) is 0 Å². The number of alkyl halides is 3. The van der Waals surface area contributed by atoms with E-state index in [9.17, 15) is 18.0 Å². The molecule has 5 nitrogen and oxygen atoms in total. The summed E-state index contributed by atoms with van der Waals surface area (Å²) in [6.07, 6.45) is -4.04. The zero-order valence-corrected chi connectivity index (χ0v) is 11.6. The van der Waals surface area contributed by atoms with E-state index in [1.807, 2.05) is 0 Å². The van der Waals surface area contributed by atoms with Crippen LogP contribution in [0.2, 0.25) is 0 Å². The highest BCUT2D eigenvalue weighted by molar-refractivity contribution is 5.82. The van der Waals surface area contributed by atoms with Crippen LogP contribution in [0.15, 0.2) is 12.1 Å². The van der Waals surface area contributed by atoms with Gasteiger partial charge in [-0.05, 0) is 19.4 Å². The molecule has 0 spiro atoms. The number of hydrogen-bond donors (Lipinski definition) is 2. The summed E-state index contributed by atoms with van der Waals surface area (Å²) in [4.78, 5) is 16.8. The van der Waals surface area contributed by atoms with E-state index in [2.05, 4.69) is 4.98 Å². The second kappa shape index (κ2) is 5.18. The molecule has 1 amide bonds. The number of amides is 1. The van der Waals surface area contributed by atoms with Gasteiger partial charge in [0, 0.05) is 25.2 Å². The highest BCUT2D eigenvalue weighted by Crippen LogP contribution is 2.35. The van der Waals surface area contributed by atoms with Crippen molar-refractivity contribution in [2.75, 3.05) is 18.0 Å². The predicted molar refractivity (Wildman–Crippen MR) is 71.3 cm³/mol. The van der Waals surface area contributed by atoms with Crippen molar-refractivity contribution in [2.45, 2.75) is 26.1 Å². The molecule has 1 aliphatic heterocycles. The molecule has 2 rings (SSSR count). The van der Waals surface area contributed by atoms with Crippen molar-refractivity contribution in [1.29, 1.82) is 0 Å². The standard InChI is InChI=1S/C13H17F3N4O/c1-12(11(18)21)4-5-20(7-12)10-8(6-17)2-3-9(19-10)13(14,15)16/h2-3H,4-7,17H2,1H3,(H2,18,21). The first kappa shape index (κ1) is 15.6. The van der Waals surface area contributed by atoms with Crippen molar-refractivity contribution in [3.63, 3.8) is 0 Å². The van der Waals surface area contributed by atoms with Gasteiger partial charge in [-0.3, -0.25) is 4.79 Å². The fraction of sp³-hybridized carbons (Fsp3) is 0.538. The Hall–Kier alpha value is -1.83. The zero-order chi connectivity index (χ0) is 15.8. The van der Waals surface area contributed by atoms with Crippen molar-refractivity contribution >= 4 is 11.7 Å². The minimum absolute atomic E-state index is 0.0737. The minimum Gasteiger partial charge on any atom is -0.369 e. The fourth-order valence-corrected chi connectivity index (χ4v) is 2.41. The Morgan fingerprint density at radius 2 is 2.14 bits per heavy atom. The molecule has 1 saturated heterocycles. The van der Waals surface area contributed by atoms with Crippen molar-refractivity contribution in [3.8, 4) is 0 Å². The summed E-state index contributed by atoms with van der Waals surface area (Å²) in [6, 6.07) is 2.24. The summed E-state index contributed by atoms with van der Waals surface area (Å²) in [5, 5.41) is 0. The average Bonchev–Trinajstić information content (AvgIpc) is 2.81. The summed E-state index contributed by atoms with van der Waals surface area (Å²) in [5.41, 5.74) is 9.70. The highest BCUT2D eigenvalue weighted by Gasteiger charge is 2.41. The van der Waals surface area contributed by atoms with E-state index in [-0.39, 0.29) is 18.9 Å². The van der Waals surface area contributed by atoms with E-state index in [0.717, 1.165) is 6.07 Å². The van der Waals surface area contributed by atoms with Crippen LogP contribution in [-0.2, 0) is 17.5 Å². The van der Waals surface area contributed by atoms with E-state index in [1.165, 1.54) is 6.07 Å². The molecule has 1 aromatic rings. The van der Waals surface area contributed by atoms with Crippen LogP contribution in [0.1, 0.15) is 24.6 Å². The number of anilines is 1. The van der Waals surface area contributed by atoms with Crippen molar-refractivity contribution in [1.82, 2.24) is 4.98 Å². The molecule has 1 aromatic heterocycles. The number of halogens is 3. The maximum Gasteiger partial charge on any atom is 0.433 e. The van der Waals surface area contributed by atoms with Gasteiger partial charge in [0.25, 0.3) is 0 Å². The summed E-state index contributed by atoms with van der Waals surface area (Å²) in [6.45, 7) is 2.43. The summed E-state index contributed by atoms with van der Waals surface area (Å²) in [7, 11) is 0. The van der Waals surface area contributed by atoms with Crippen LogP contribution in [0.5, 0.6) is 0 Å². The first-order valence-electron chi connectivity index (χ1n) is 6.49. The monoisotopic (exact) mass is 302 g/mol. The second-order valence-electron chi connectivity index (χ2n) is 5.48. The second-order valence-corrected chi connectivity index (χ2v) is 5.48. The van der Waals surface area contributed by atoms with Gasteiger partial charge >= 0.3 is 6.18 Å². The van der Waals surface area contributed by atoms with E-state index in [4.69, 9.17) is 11.5 Å². The van der Waals surface area contributed by atoms with Crippen LogP contribution >= 0.6 is 0 Å². The summed E-state index contributed by atoms with van der Waals surface area (Å²) < 4.78 is 38.4. The van der Waals surface area contributed by atoms with E-state index >= 15 is 0 Å². The van der Waals surface area contributed by atoms with Crippen LogP contribution in [0.25, 0.3) is 0 Å². The molecule has 0 saturated carbocycles. The number of carbonyl (C=O) groups excluding carboxylic acids is 1. The zero-order valence-electron chi connectivity index (χ0n) is 11.6. The van der Waals surface area contributed by atoms with Gasteiger partial charge < -0.3 is 16.4 Å². The van der Waals surface area contributed by atoms with Crippen LogP contribution in [0.3, 0.4) is 0 Å². The smallest absolute Gasteiger partial charge is 0.369 e. The van der Waals surface area contributed by atoms with Gasteiger partial charge in [-0.25, -0.2) is 4.98 Å². The Labute approximate surface area is 120 Å². The molecular weight excluding hydrogens is 285 g/mol. The lowest BCUT2D eigenvalue weighted by atomic mass is 9.89. The Morgan fingerprint density at radius 1 is 1.48 bits per heavy atom. The number of rotatable bonds is 3. The molecule has 1 fully saturated rings. The summed E-state index contributed by atoms with van der Waals surface area (Å²) >= 11 is 0. The molecule has 8 heteroatoms. The third kappa shape index (κ3) is 2.94. The maximum absolute atomic E-state index is 12.8. The Balaban J connectivity index is 2.37. The van der Waals surface area contributed by atoms with E-state index in [1.54, 1.807) is 11.8 Å². The molecule has 1 atom stereocenters. The molecule has 2 heterocycles. The lowest BCUT2D eigenvalue weighted by Crippen LogP contribution is -2.37. The maximum atomic E-state index is 12.8. The molecule has 0 aromatic carbocycles. The Kier molecular flexibility index (Phi) is 3.83. The minimum atomic E-state index is -4.52. The molecule has 1 aliphatic rings. The molecule has 0 bridgehead atoms. The number of hydrogen-bond acceptors (Lipinski definition) is 4. The number of nitrogens with two attached hydrogens (primary N) is 2. The van der Waals surface area contributed by atoms with Gasteiger partial charge in [0.2, 0.25) is 5.91 Å². The van der Waals surface area contributed by atoms with Crippen LogP contribution in [0.4, 0.5) is 19.0 Å². The normalized spacial score (nSPS) is 22.6. The quantitative estimate of drug-likeness (QED) is 0.880. The van der Waals surface area contributed by atoms with Crippen LogP contribution in [-0.4, -0.2) is 24.0 Å². The van der Waals surface area contributed by atoms with Crippen molar-refractivity contribution in [3.05, 3.63) is 23.4 Å². The number of aromatic nitrogens is 1. The van der Waals surface area contributed by atoms with Crippen molar-refractivity contribution < 1.29 is 18.0 Å². The van der Waals surface area contributed by atoms with Gasteiger partial charge in [0.05, 0.1) is 5.41 Å². The molecule has 21 heavy (non-hydrogen) atoms. The first-order chi connectivity index (χ1) is 9.67. The van der Waals surface area contributed by atoms with Crippen molar-refractivity contribution in [2.24, 2.45) is 16.9 Å². The number of primary amides is 1. The van der Waals surface area contributed by atoms with Gasteiger partial charge in [-0.15, -0.1) is 0 Å². The van der Waals surface area contributed by atoms with Gasteiger partial charge in [-0.1, -0.05) is 6.07 Å². The molecule has 0 radical (unpaired) electrons. The Bertz CT molecular complexity index is 561. The topological polar surface area (TPSA) is 85.2 Å². The third-order valence-electron chi connectivity index (χ3n) is 3.83. The Morgan fingerprint density at radius 3 is 2.62 bits per heavy atom. The lowest BCUT2D eigenvalue weighted by Gasteiger charge is -2.24. The molecule has 4 N–H and O–H groups in total. The number of pyridine rings is 1. The first-order valence-corrected chi connectivity index (χ1v) is 6.49. The highest BCUT2D eigenvalue weighted by atomic mass is 19.4. The molecule has 116 valence electrons. The van der Waals surface area contributed by atoms with E-state index in [0.29, 0.717) is 18.5 Å². The summed E-state index contributed by atoms with van der Waals surface area (Å²) in [5.74, 6) is -0.288. The predicted octanol–water partition coefficient (Wildman–Crippen LogP) is 1.26. The SMILES string of the molecule is CC1(C(N)=O)CCN(c2nc(C(F)(F)F)ccc2CN)C1. The van der Waals surface area contributed by atoms with Gasteiger partial charge in [-0.2, -0.15) is 13.2 Å². The molecular formula is C13H17F3N4O. The lowest BCUT2D eigenvalue weighted by molar-refractivity contribution is -0.141. The molecule has 0 aliphatic carbocycles. The van der Waals surface area contributed by atoms with Gasteiger partial charge in [0.1, 0.15) is 11.5 Å². The largest absolute Gasteiger partial charge is 0.433 e. The van der Waals surface area contributed by atoms with Crippen LogP contribution < -0.4 is 16.4 Å². The third-order valence-corrected chi connectivity index (χ3v) is 3.83.